The van der Waals surface area contributed by atoms with E-state index < -0.39 is 0 Å². The minimum absolute atomic E-state index is 0.0965. The molecule has 0 radical (unpaired) electrons. The Morgan fingerprint density at radius 1 is 1.43 bits per heavy atom. The minimum Gasteiger partial charge on any atom is -0.496 e. The van der Waals surface area contributed by atoms with E-state index in [1.807, 2.05) is 18.2 Å². The molecule has 1 aromatic rings. The molecule has 2 atom stereocenters. The number of halogens is 1. The number of ether oxygens (including phenoxy) is 1. The average molecular weight is 377 g/mol. The highest BCUT2D eigenvalue weighted by atomic mass is 79.9. The molecule has 1 saturated carbocycles. The van der Waals surface area contributed by atoms with Gasteiger partial charge in [0.05, 0.1) is 7.11 Å². The fourth-order valence-corrected chi connectivity index (χ4v) is 3.28. The van der Waals surface area contributed by atoms with Crippen LogP contribution in [0.15, 0.2) is 28.2 Å². The maximum atomic E-state index is 12.4. The maximum Gasteiger partial charge on any atom is 0.262 e. The smallest absolute Gasteiger partial charge is 0.262 e. The molecule has 4 nitrogen and oxygen atoms in total. The van der Waals surface area contributed by atoms with Gasteiger partial charge >= 0.3 is 0 Å². The molecule has 0 unspecified atom stereocenters. The van der Waals surface area contributed by atoms with Gasteiger partial charge in [0.15, 0.2) is 0 Å². The average Bonchev–Trinajstić information content (AvgIpc) is 2.54. The molecule has 0 saturated heterocycles. The maximum absolute atomic E-state index is 12.4. The van der Waals surface area contributed by atoms with E-state index >= 15 is 0 Å². The molecule has 122 valence electrons. The standard InChI is InChI=1S/C18H21BrN2O2/c1-12-5-3-4-6-16(12)21-18(22)14(11-20)9-13-10-15(19)7-8-17(13)23-2/h7-10,12,16H,3-6H2,1-2H3,(H,21,22)/b14-9+/t12-,16+/m0/s1. The van der Waals surface area contributed by atoms with E-state index in [1.54, 1.807) is 19.3 Å². The van der Waals surface area contributed by atoms with Crippen molar-refractivity contribution in [3.63, 3.8) is 0 Å². The van der Waals surface area contributed by atoms with Gasteiger partial charge in [-0.05, 0) is 43.0 Å². The number of benzene rings is 1. The summed E-state index contributed by atoms with van der Waals surface area (Å²) in [6.45, 7) is 2.15. The third-order valence-corrected chi connectivity index (χ3v) is 4.78. The van der Waals surface area contributed by atoms with Gasteiger partial charge in [0, 0.05) is 16.1 Å². The molecular formula is C18H21BrN2O2. The summed E-state index contributed by atoms with van der Waals surface area (Å²) in [4.78, 5) is 12.4. The van der Waals surface area contributed by atoms with Crippen LogP contribution in [0.3, 0.4) is 0 Å². The zero-order valence-electron chi connectivity index (χ0n) is 13.4. The van der Waals surface area contributed by atoms with Crippen molar-refractivity contribution in [1.82, 2.24) is 5.32 Å². The summed E-state index contributed by atoms with van der Waals surface area (Å²) in [5, 5.41) is 12.4. The predicted octanol–water partition coefficient (Wildman–Crippen LogP) is 4.06. The molecule has 2 rings (SSSR count). The molecule has 23 heavy (non-hydrogen) atoms. The van der Waals surface area contributed by atoms with E-state index in [1.165, 1.54) is 6.42 Å². The molecular weight excluding hydrogens is 356 g/mol. The Morgan fingerprint density at radius 2 is 2.17 bits per heavy atom. The lowest BCUT2D eigenvalue weighted by molar-refractivity contribution is -0.118. The third-order valence-electron chi connectivity index (χ3n) is 4.28. The molecule has 1 aliphatic carbocycles. The van der Waals surface area contributed by atoms with Gasteiger partial charge in [-0.15, -0.1) is 0 Å². The molecule has 5 heteroatoms. The van der Waals surface area contributed by atoms with E-state index in [-0.39, 0.29) is 17.5 Å². The Balaban J connectivity index is 2.20. The van der Waals surface area contributed by atoms with Crippen molar-refractivity contribution in [2.45, 2.75) is 38.6 Å². The van der Waals surface area contributed by atoms with Crippen molar-refractivity contribution in [2.24, 2.45) is 5.92 Å². The number of hydrogen-bond acceptors (Lipinski definition) is 3. The van der Waals surface area contributed by atoms with Crippen LogP contribution < -0.4 is 10.1 Å². The predicted molar refractivity (Wildman–Crippen MR) is 93.8 cm³/mol. The highest BCUT2D eigenvalue weighted by molar-refractivity contribution is 9.10. The van der Waals surface area contributed by atoms with Gasteiger partial charge in [0.1, 0.15) is 17.4 Å². The number of carbonyl (C=O) groups is 1. The topological polar surface area (TPSA) is 62.1 Å². The Morgan fingerprint density at radius 3 is 2.83 bits per heavy atom. The SMILES string of the molecule is COc1ccc(Br)cc1/C=C(\C#N)C(=O)N[C@@H]1CCCC[C@@H]1C. The van der Waals surface area contributed by atoms with Crippen molar-refractivity contribution in [2.75, 3.05) is 7.11 Å². The van der Waals surface area contributed by atoms with Crippen molar-refractivity contribution in [1.29, 1.82) is 5.26 Å². The summed E-state index contributed by atoms with van der Waals surface area (Å²) in [6.07, 6.45) is 6.01. The zero-order valence-corrected chi connectivity index (χ0v) is 15.0. The van der Waals surface area contributed by atoms with Crippen molar-refractivity contribution in [3.8, 4) is 11.8 Å². The molecule has 1 fully saturated rings. The zero-order chi connectivity index (χ0) is 16.8. The molecule has 1 aromatic carbocycles. The van der Waals surface area contributed by atoms with Crippen LogP contribution >= 0.6 is 15.9 Å². The van der Waals surface area contributed by atoms with E-state index in [0.29, 0.717) is 17.2 Å². The first-order chi connectivity index (χ1) is 11.0. The molecule has 0 aliphatic heterocycles. The van der Waals surface area contributed by atoms with E-state index in [0.717, 1.165) is 23.7 Å². The van der Waals surface area contributed by atoms with E-state index in [9.17, 15) is 10.1 Å². The number of hydrogen-bond donors (Lipinski definition) is 1. The summed E-state index contributed by atoms with van der Waals surface area (Å²) in [5.74, 6) is 0.765. The van der Waals surface area contributed by atoms with Crippen molar-refractivity contribution < 1.29 is 9.53 Å². The first-order valence-corrected chi connectivity index (χ1v) is 8.60. The van der Waals surface area contributed by atoms with Crippen molar-refractivity contribution in [3.05, 3.63) is 33.8 Å². The number of nitrogens with one attached hydrogen (secondary N) is 1. The molecule has 0 heterocycles. The first kappa shape index (κ1) is 17.6. The fraction of sp³-hybridized carbons (Fsp3) is 0.444. The number of amides is 1. The normalized spacial score (nSPS) is 21.4. The highest BCUT2D eigenvalue weighted by Gasteiger charge is 2.24. The number of carbonyl (C=O) groups excluding carboxylic acids is 1. The lowest BCUT2D eigenvalue weighted by Gasteiger charge is -2.29. The summed E-state index contributed by atoms with van der Waals surface area (Å²) < 4.78 is 6.15. The Bertz CT molecular complexity index is 649. The Hall–Kier alpha value is -1.80. The number of nitriles is 1. The molecule has 0 aromatic heterocycles. The summed E-state index contributed by atoms with van der Waals surface area (Å²) >= 11 is 3.39. The molecule has 0 spiro atoms. The van der Waals surface area contributed by atoms with Gasteiger partial charge in [-0.1, -0.05) is 35.7 Å². The van der Waals surface area contributed by atoms with Gasteiger partial charge in [-0.3, -0.25) is 4.79 Å². The lowest BCUT2D eigenvalue weighted by Crippen LogP contribution is -2.41. The lowest BCUT2D eigenvalue weighted by atomic mass is 9.86. The summed E-state index contributed by atoms with van der Waals surface area (Å²) in [5.41, 5.74) is 0.796. The van der Waals surface area contributed by atoms with Crippen LogP contribution in [0.25, 0.3) is 6.08 Å². The van der Waals surface area contributed by atoms with Gasteiger partial charge < -0.3 is 10.1 Å². The Kier molecular flexibility index (Phi) is 6.23. The van der Waals surface area contributed by atoms with Crippen molar-refractivity contribution >= 4 is 27.9 Å². The first-order valence-electron chi connectivity index (χ1n) is 7.81. The third kappa shape index (κ3) is 4.59. The van der Waals surface area contributed by atoms with Gasteiger partial charge in [-0.25, -0.2) is 0 Å². The highest BCUT2D eigenvalue weighted by Crippen LogP contribution is 2.26. The van der Waals surface area contributed by atoms with Gasteiger partial charge in [-0.2, -0.15) is 5.26 Å². The largest absolute Gasteiger partial charge is 0.496 e. The van der Waals surface area contributed by atoms with Crippen LogP contribution in [0.4, 0.5) is 0 Å². The van der Waals surface area contributed by atoms with Crippen LogP contribution in [0.2, 0.25) is 0 Å². The monoisotopic (exact) mass is 376 g/mol. The second-order valence-electron chi connectivity index (χ2n) is 5.90. The van der Waals surface area contributed by atoms with Crippen LogP contribution in [-0.4, -0.2) is 19.1 Å². The number of nitrogens with zero attached hydrogens (tertiary/aromatic N) is 1. The van der Waals surface area contributed by atoms with E-state index in [2.05, 4.69) is 28.2 Å². The number of methoxy groups -OCH3 is 1. The van der Waals surface area contributed by atoms with Gasteiger partial charge in [0.25, 0.3) is 5.91 Å². The van der Waals surface area contributed by atoms with Crippen LogP contribution in [0.1, 0.15) is 38.2 Å². The minimum atomic E-state index is -0.312. The Labute approximate surface area is 145 Å². The molecule has 1 amide bonds. The van der Waals surface area contributed by atoms with Crippen LogP contribution in [0, 0.1) is 17.2 Å². The second-order valence-corrected chi connectivity index (χ2v) is 6.81. The molecule has 0 bridgehead atoms. The summed E-state index contributed by atoms with van der Waals surface area (Å²) in [6, 6.07) is 7.63. The molecule has 1 N–H and O–H groups in total. The van der Waals surface area contributed by atoms with Crippen LogP contribution in [0.5, 0.6) is 5.75 Å². The second kappa shape index (κ2) is 8.16. The summed E-state index contributed by atoms with van der Waals surface area (Å²) in [7, 11) is 1.57. The quantitative estimate of drug-likeness (QED) is 0.636. The van der Waals surface area contributed by atoms with Gasteiger partial charge in [0.2, 0.25) is 0 Å². The van der Waals surface area contributed by atoms with Crippen LogP contribution in [-0.2, 0) is 4.79 Å². The van der Waals surface area contributed by atoms with E-state index in [4.69, 9.17) is 4.74 Å². The fourth-order valence-electron chi connectivity index (χ4n) is 2.90. The number of rotatable bonds is 4. The molecule has 1 aliphatic rings.